The SMILES string of the molecule is FC12CC(C3CCNC3)(C1)C2. The Morgan fingerprint density at radius 1 is 1.27 bits per heavy atom. The molecule has 1 heterocycles. The molecule has 0 radical (unpaired) electrons. The molecule has 0 aromatic rings. The molecule has 0 amide bonds. The van der Waals surface area contributed by atoms with Gasteiger partial charge in [-0.25, -0.2) is 4.39 Å². The van der Waals surface area contributed by atoms with Crippen molar-refractivity contribution >= 4 is 0 Å². The van der Waals surface area contributed by atoms with E-state index in [9.17, 15) is 4.39 Å². The largest absolute Gasteiger partial charge is 0.316 e. The summed E-state index contributed by atoms with van der Waals surface area (Å²) in [5.41, 5.74) is -0.221. The summed E-state index contributed by atoms with van der Waals surface area (Å²) in [6, 6.07) is 0. The zero-order valence-electron chi connectivity index (χ0n) is 6.70. The Morgan fingerprint density at radius 3 is 2.45 bits per heavy atom. The maximum atomic E-state index is 13.1. The first-order chi connectivity index (χ1) is 5.23. The molecule has 2 bridgehead atoms. The third-order valence-electron chi connectivity index (χ3n) is 3.93. The number of halogens is 1. The molecule has 62 valence electrons. The molecule has 4 fully saturated rings. The summed E-state index contributed by atoms with van der Waals surface area (Å²) in [7, 11) is 0. The summed E-state index contributed by atoms with van der Waals surface area (Å²) in [4.78, 5) is 0. The Hall–Kier alpha value is -0.110. The van der Waals surface area contributed by atoms with Crippen LogP contribution in [0, 0.1) is 11.3 Å². The summed E-state index contributed by atoms with van der Waals surface area (Å²) in [6.07, 6.45) is 3.93. The van der Waals surface area contributed by atoms with E-state index >= 15 is 0 Å². The van der Waals surface area contributed by atoms with Crippen molar-refractivity contribution in [3.05, 3.63) is 0 Å². The van der Waals surface area contributed by atoms with Crippen molar-refractivity contribution in [3.8, 4) is 0 Å². The second-order valence-corrected chi connectivity index (χ2v) is 4.73. The normalized spacial score (nSPS) is 60.3. The molecule has 4 aliphatic rings. The molecule has 1 N–H and O–H groups in total. The van der Waals surface area contributed by atoms with Crippen molar-refractivity contribution in [1.29, 1.82) is 0 Å². The molecule has 1 aliphatic heterocycles. The van der Waals surface area contributed by atoms with Crippen molar-refractivity contribution in [2.24, 2.45) is 11.3 Å². The fraction of sp³-hybridized carbons (Fsp3) is 1.00. The van der Waals surface area contributed by atoms with Crippen molar-refractivity contribution in [3.63, 3.8) is 0 Å². The number of rotatable bonds is 1. The van der Waals surface area contributed by atoms with Crippen LogP contribution in [0.2, 0.25) is 0 Å². The first-order valence-corrected chi connectivity index (χ1v) is 4.62. The quantitative estimate of drug-likeness (QED) is 0.605. The van der Waals surface area contributed by atoms with Gasteiger partial charge < -0.3 is 5.32 Å². The minimum Gasteiger partial charge on any atom is -0.316 e. The van der Waals surface area contributed by atoms with Gasteiger partial charge in [0.05, 0.1) is 0 Å². The van der Waals surface area contributed by atoms with Gasteiger partial charge in [-0.1, -0.05) is 0 Å². The van der Waals surface area contributed by atoms with Gasteiger partial charge in [0.2, 0.25) is 0 Å². The van der Waals surface area contributed by atoms with Crippen LogP contribution in [0.25, 0.3) is 0 Å². The predicted octanol–water partition coefficient (Wildman–Crippen LogP) is 1.49. The standard InChI is InChI=1S/C9H14FN/c10-9-4-8(5-9,6-9)7-1-2-11-3-7/h7,11H,1-6H2. The van der Waals surface area contributed by atoms with Crippen LogP contribution in [0.4, 0.5) is 4.39 Å². The van der Waals surface area contributed by atoms with E-state index in [4.69, 9.17) is 0 Å². The van der Waals surface area contributed by atoms with Gasteiger partial charge in [0, 0.05) is 0 Å². The van der Waals surface area contributed by atoms with Crippen LogP contribution < -0.4 is 5.32 Å². The van der Waals surface area contributed by atoms with E-state index in [0.717, 1.165) is 38.3 Å². The molecule has 0 spiro atoms. The summed E-state index contributed by atoms with van der Waals surface area (Å²) in [6.45, 7) is 2.31. The predicted molar refractivity (Wildman–Crippen MR) is 41.1 cm³/mol. The fourth-order valence-electron chi connectivity index (χ4n) is 3.35. The summed E-state index contributed by atoms with van der Waals surface area (Å²) < 4.78 is 13.1. The highest BCUT2D eigenvalue weighted by Crippen LogP contribution is 2.73. The maximum absolute atomic E-state index is 13.1. The van der Waals surface area contributed by atoms with Crippen LogP contribution in [0.1, 0.15) is 25.7 Å². The van der Waals surface area contributed by atoms with Gasteiger partial charge in [0.1, 0.15) is 5.67 Å². The van der Waals surface area contributed by atoms with Crippen LogP contribution in [0.15, 0.2) is 0 Å². The molecule has 2 heteroatoms. The number of nitrogens with one attached hydrogen (secondary N) is 1. The Bertz CT molecular complexity index is 176. The molecule has 1 unspecified atom stereocenters. The maximum Gasteiger partial charge on any atom is 0.112 e. The third kappa shape index (κ3) is 0.645. The smallest absolute Gasteiger partial charge is 0.112 e. The molecule has 1 saturated heterocycles. The lowest BCUT2D eigenvalue weighted by Gasteiger charge is -2.68. The summed E-state index contributed by atoms with van der Waals surface area (Å²) in [5.74, 6) is 0.806. The molecule has 11 heavy (non-hydrogen) atoms. The monoisotopic (exact) mass is 155 g/mol. The van der Waals surface area contributed by atoms with E-state index in [1.165, 1.54) is 6.42 Å². The molecule has 0 aromatic heterocycles. The van der Waals surface area contributed by atoms with Crippen molar-refractivity contribution < 1.29 is 4.39 Å². The van der Waals surface area contributed by atoms with E-state index in [0.29, 0.717) is 5.41 Å². The van der Waals surface area contributed by atoms with Crippen molar-refractivity contribution in [1.82, 2.24) is 5.32 Å². The van der Waals surface area contributed by atoms with Crippen LogP contribution in [0.3, 0.4) is 0 Å². The number of hydrogen-bond acceptors (Lipinski definition) is 1. The second-order valence-electron chi connectivity index (χ2n) is 4.73. The van der Waals surface area contributed by atoms with Gasteiger partial charge >= 0.3 is 0 Å². The van der Waals surface area contributed by atoms with E-state index in [2.05, 4.69) is 5.32 Å². The van der Waals surface area contributed by atoms with Gasteiger partial charge in [-0.05, 0) is 50.1 Å². The highest BCUT2D eigenvalue weighted by molar-refractivity contribution is 5.21. The van der Waals surface area contributed by atoms with Gasteiger partial charge in [-0.2, -0.15) is 0 Å². The lowest BCUT2D eigenvalue weighted by molar-refractivity contribution is -0.238. The lowest BCUT2D eigenvalue weighted by atomic mass is 9.38. The fourth-order valence-corrected chi connectivity index (χ4v) is 3.35. The van der Waals surface area contributed by atoms with Crippen molar-refractivity contribution in [2.45, 2.75) is 31.4 Å². The first kappa shape index (κ1) is 6.41. The van der Waals surface area contributed by atoms with Crippen LogP contribution in [0.5, 0.6) is 0 Å². The minimum absolute atomic E-state index is 0.470. The number of hydrogen-bond donors (Lipinski definition) is 1. The molecular weight excluding hydrogens is 141 g/mol. The molecule has 1 atom stereocenters. The first-order valence-electron chi connectivity index (χ1n) is 4.62. The summed E-state index contributed by atoms with van der Waals surface area (Å²) in [5, 5.41) is 3.36. The molecule has 4 rings (SSSR count). The van der Waals surface area contributed by atoms with Crippen molar-refractivity contribution in [2.75, 3.05) is 13.1 Å². The minimum atomic E-state index is -0.692. The van der Waals surface area contributed by atoms with Gasteiger partial charge in [-0.3, -0.25) is 0 Å². The molecule has 3 saturated carbocycles. The second kappa shape index (κ2) is 1.63. The Morgan fingerprint density at radius 2 is 2.00 bits per heavy atom. The Balaban J connectivity index is 1.72. The Kier molecular flexibility index (Phi) is 0.951. The molecular formula is C9H14FN. The zero-order valence-corrected chi connectivity index (χ0v) is 6.70. The lowest BCUT2D eigenvalue weighted by Crippen LogP contribution is -2.67. The summed E-state index contributed by atoms with van der Waals surface area (Å²) >= 11 is 0. The third-order valence-corrected chi connectivity index (χ3v) is 3.93. The van der Waals surface area contributed by atoms with Crippen LogP contribution >= 0.6 is 0 Å². The average Bonchev–Trinajstić information content (AvgIpc) is 2.28. The highest BCUT2D eigenvalue weighted by Gasteiger charge is 2.71. The number of alkyl halides is 1. The van der Waals surface area contributed by atoms with Gasteiger partial charge in [0.25, 0.3) is 0 Å². The van der Waals surface area contributed by atoms with E-state index in [1.807, 2.05) is 0 Å². The highest BCUT2D eigenvalue weighted by atomic mass is 19.1. The van der Waals surface area contributed by atoms with Crippen LogP contribution in [-0.2, 0) is 0 Å². The van der Waals surface area contributed by atoms with Crippen LogP contribution in [-0.4, -0.2) is 18.8 Å². The van der Waals surface area contributed by atoms with E-state index < -0.39 is 5.67 Å². The average molecular weight is 155 g/mol. The topological polar surface area (TPSA) is 12.0 Å². The zero-order chi connectivity index (χ0) is 7.53. The Labute approximate surface area is 66.4 Å². The van der Waals surface area contributed by atoms with E-state index in [-0.39, 0.29) is 0 Å². The molecule has 3 aliphatic carbocycles. The molecule has 0 aromatic carbocycles. The molecule has 1 nitrogen and oxygen atoms in total. The van der Waals surface area contributed by atoms with Gasteiger partial charge in [-0.15, -0.1) is 0 Å². The van der Waals surface area contributed by atoms with E-state index in [1.54, 1.807) is 0 Å². The van der Waals surface area contributed by atoms with Gasteiger partial charge in [0.15, 0.2) is 0 Å².